The summed E-state index contributed by atoms with van der Waals surface area (Å²) in [5, 5.41) is 4.08. The molecule has 4 rings (SSSR count). The van der Waals surface area contributed by atoms with Gasteiger partial charge in [0, 0.05) is 24.4 Å². The number of unbranched alkanes of at least 4 members (excludes halogenated alkanes) is 1. The molecule has 3 heterocycles. The lowest BCUT2D eigenvalue weighted by Crippen LogP contribution is -2.38. The first-order chi connectivity index (χ1) is 20.4. The molecular formula is C34H43N5O4. The SMILES string of the molecule is C=CCCCn1c(-c2nc3cc(C(=O)OC(C)C)cc(OC)c3n2C)cc2ccc([C@@H](C)NC(=O)C(C)(C)CC=C)nc21. The van der Waals surface area contributed by atoms with Crippen LogP contribution in [0.4, 0.5) is 0 Å². The molecule has 0 fully saturated rings. The van der Waals surface area contributed by atoms with E-state index in [9.17, 15) is 9.59 Å². The molecule has 0 bridgehead atoms. The van der Waals surface area contributed by atoms with Gasteiger partial charge in [0.1, 0.15) is 16.9 Å². The van der Waals surface area contributed by atoms with E-state index in [-0.39, 0.29) is 18.1 Å². The van der Waals surface area contributed by atoms with E-state index in [1.807, 2.05) is 64.4 Å². The van der Waals surface area contributed by atoms with Gasteiger partial charge in [-0.25, -0.2) is 14.8 Å². The fourth-order valence-electron chi connectivity index (χ4n) is 5.20. The Bertz CT molecular complexity index is 1680. The standard InChI is InChI=1S/C34H43N5O4/c1-10-12-13-17-39-27(19-23-14-15-25(36-30(23)39)22(5)35-33(41)34(6,7)16-11-2)31-37-26-18-24(32(40)43-21(3)4)20-28(42-9)29(26)38(31)8/h10-11,14-15,18-22H,1-2,12-13,16-17H2,3-9H3,(H,35,41)/t22-/m1/s1. The van der Waals surface area contributed by atoms with Crippen molar-refractivity contribution in [3.63, 3.8) is 0 Å². The van der Waals surface area contributed by atoms with E-state index in [2.05, 4.69) is 29.1 Å². The van der Waals surface area contributed by atoms with Crippen molar-refractivity contribution in [2.45, 2.75) is 72.6 Å². The number of esters is 1. The maximum absolute atomic E-state index is 13.0. The molecule has 43 heavy (non-hydrogen) atoms. The van der Waals surface area contributed by atoms with Gasteiger partial charge in [-0.05, 0) is 70.4 Å². The van der Waals surface area contributed by atoms with Crippen molar-refractivity contribution in [2.24, 2.45) is 12.5 Å². The molecule has 1 atom stereocenters. The molecule has 0 aliphatic carbocycles. The summed E-state index contributed by atoms with van der Waals surface area (Å²) in [6, 6.07) is 9.22. The normalized spacial score (nSPS) is 12.5. The Morgan fingerprint density at radius 1 is 1.09 bits per heavy atom. The zero-order chi connectivity index (χ0) is 31.5. The van der Waals surface area contributed by atoms with Crippen LogP contribution in [0.25, 0.3) is 33.6 Å². The predicted molar refractivity (Wildman–Crippen MR) is 171 cm³/mol. The van der Waals surface area contributed by atoms with Crippen molar-refractivity contribution in [3.05, 3.63) is 66.9 Å². The van der Waals surface area contributed by atoms with Gasteiger partial charge < -0.3 is 23.9 Å². The number of imidazole rings is 1. The summed E-state index contributed by atoms with van der Waals surface area (Å²) in [7, 11) is 3.52. The van der Waals surface area contributed by atoms with Crippen LogP contribution in [0.1, 0.15) is 76.0 Å². The number of pyridine rings is 1. The molecule has 0 radical (unpaired) electrons. The third-order valence-electron chi connectivity index (χ3n) is 7.58. The Kier molecular flexibility index (Phi) is 9.43. The van der Waals surface area contributed by atoms with Gasteiger partial charge in [-0.1, -0.05) is 26.0 Å². The van der Waals surface area contributed by atoms with Gasteiger partial charge in [0.25, 0.3) is 0 Å². The molecule has 0 spiro atoms. The van der Waals surface area contributed by atoms with Crippen molar-refractivity contribution in [2.75, 3.05) is 7.11 Å². The monoisotopic (exact) mass is 585 g/mol. The van der Waals surface area contributed by atoms with Crippen molar-refractivity contribution in [1.29, 1.82) is 0 Å². The van der Waals surface area contributed by atoms with E-state index in [1.165, 1.54) is 0 Å². The molecular weight excluding hydrogens is 542 g/mol. The van der Waals surface area contributed by atoms with Gasteiger partial charge in [0.05, 0.1) is 41.7 Å². The number of benzene rings is 1. The van der Waals surface area contributed by atoms with E-state index >= 15 is 0 Å². The first-order valence-electron chi connectivity index (χ1n) is 14.7. The molecule has 0 aliphatic heterocycles. The number of amides is 1. The summed E-state index contributed by atoms with van der Waals surface area (Å²) in [5.41, 5.74) is 3.68. The second-order valence-corrected chi connectivity index (χ2v) is 11.8. The van der Waals surface area contributed by atoms with E-state index in [0.29, 0.717) is 35.6 Å². The van der Waals surface area contributed by atoms with Gasteiger partial charge in [0.2, 0.25) is 5.91 Å². The average molecular weight is 586 g/mol. The smallest absolute Gasteiger partial charge is 0.338 e. The van der Waals surface area contributed by atoms with E-state index in [0.717, 1.165) is 40.8 Å². The highest BCUT2D eigenvalue weighted by atomic mass is 16.5. The second kappa shape index (κ2) is 12.9. The highest BCUT2D eigenvalue weighted by Crippen LogP contribution is 2.35. The maximum atomic E-state index is 13.0. The number of nitrogens with one attached hydrogen (secondary N) is 1. The minimum Gasteiger partial charge on any atom is -0.494 e. The fourth-order valence-corrected chi connectivity index (χ4v) is 5.20. The fraction of sp³-hybridized carbons (Fsp3) is 0.412. The lowest BCUT2D eigenvalue weighted by Gasteiger charge is -2.24. The molecule has 1 amide bonds. The number of rotatable bonds is 13. The molecule has 1 N–H and O–H groups in total. The number of aryl methyl sites for hydroxylation is 2. The van der Waals surface area contributed by atoms with E-state index in [1.54, 1.807) is 25.3 Å². The highest BCUT2D eigenvalue weighted by molar-refractivity contribution is 5.97. The van der Waals surface area contributed by atoms with Crippen LogP contribution >= 0.6 is 0 Å². The number of methoxy groups -OCH3 is 1. The molecule has 0 aliphatic rings. The summed E-state index contributed by atoms with van der Waals surface area (Å²) in [6.45, 7) is 17.8. The Hall–Kier alpha value is -4.40. The first-order valence-corrected chi connectivity index (χ1v) is 14.7. The molecule has 0 unspecified atom stereocenters. The van der Waals surface area contributed by atoms with E-state index < -0.39 is 11.4 Å². The molecule has 9 heteroatoms. The molecule has 228 valence electrons. The highest BCUT2D eigenvalue weighted by Gasteiger charge is 2.28. The summed E-state index contributed by atoms with van der Waals surface area (Å²) >= 11 is 0. The quantitative estimate of drug-likeness (QED) is 0.104. The number of carbonyl (C=O) groups excluding carboxylic acids is 2. The van der Waals surface area contributed by atoms with Crippen molar-refractivity contribution in [3.8, 4) is 17.3 Å². The number of ether oxygens (including phenoxy) is 2. The summed E-state index contributed by atoms with van der Waals surface area (Å²) < 4.78 is 15.3. The predicted octanol–water partition coefficient (Wildman–Crippen LogP) is 6.91. The molecule has 0 saturated carbocycles. The maximum Gasteiger partial charge on any atom is 0.338 e. The summed E-state index contributed by atoms with van der Waals surface area (Å²) in [5.74, 6) is 0.780. The van der Waals surface area contributed by atoms with Gasteiger partial charge in [-0.3, -0.25) is 4.79 Å². The van der Waals surface area contributed by atoms with Crippen LogP contribution in [0.5, 0.6) is 5.75 Å². The minimum absolute atomic E-state index is 0.0471. The molecule has 1 aromatic carbocycles. The van der Waals surface area contributed by atoms with E-state index in [4.69, 9.17) is 19.4 Å². The molecule has 0 saturated heterocycles. The van der Waals surface area contributed by atoms with Crippen molar-refractivity contribution >= 4 is 33.9 Å². The van der Waals surface area contributed by atoms with Crippen LogP contribution in [-0.4, -0.2) is 44.2 Å². The van der Waals surface area contributed by atoms with Crippen LogP contribution in [-0.2, 0) is 23.1 Å². The van der Waals surface area contributed by atoms with Crippen LogP contribution < -0.4 is 10.1 Å². The number of aromatic nitrogens is 4. The van der Waals surface area contributed by atoms with Crippen LogP contribution in [0.2, 0.25) is 0 Å². The first kappa shape index (κ1) is 31.5. The lowest BCUT2D eigenvalue weighted by molar-refractivity contribution is -0.129. The summed E-state index contributed by atoms with van der Waals surface area (Å²) in [6.07, 6.45) is 5.72. The average Bonchev–Trinajstić information content (AvgIpc) is 3.48. The second-order valence-electron chi connectivity index (χ2n) is 11.8. The Morgan fingerprint density at radius 2 is 1.84 bits per heavy atom. The summed E-state index contributed by atoms with van der Waals surface area (Å²) in [4.78, 5) is 35.7. The Labute approximate surface area is 253 Å². The van der Waals surface area contributed by atoms with Gasteiger partial charge in [-0.15, -0.1) is 13.2 Å². The third-order valence-corrected chi connectivity index (χ3v) is 7.58. The van der Waals surface area contributed by atoms with Crippen LogP contribution in [0.3, 0.4) is 0 Å². The molecule has 9 nitrogen and oxygen atoms in total. The lowest BCUT2D eigenvalue weighted by atomic mass is 9.88. The number of nitrogens with zero attached hydrogens (tertiary/aromatic N) is 4. The topological polar surface area (TPSA) is 100 Å². The van der Waals surface area contributed by atoms with Crippen molar-refractivity contribution in [1.82, 2.24) is 24.4 Å². The van der Waals surface area contributed by atoms with Gasteiger partial charge in [0.15, 0.2) is 5.82 Å². The van der Waals surface area contributed by atoms with Crippen LogP contribution in [0.15, 0.2) is 55.6 Å². The van der Waals surface area contributed by atoms with Crippen LogP contribution in [0, 0.1) is 5.41 Å². The molecule has 4 aromatic rings. The molecule has 3 aromatic heterocycles. The Balaban J connectivity index is 1.82. The van der Waals surface area contributed by atoms with Gasteiger partial charge >= 0.3 is 5.97 Å². The third kappa shape index (κ3) is 6.50. The zero-order valence-electron chi connectivity index (χ0n) is 26.4. The minimum atomic E-state index is -0.565. The number of carbonyl (C=O) groups is 2. The number of fused-ring (bicyclic) bond motifs is 2. The largest absolute Gasteiger partial charge is 0.494 e. The van der Waals surface area contributed by atoms with Crippen molar-refractivity contribution < 1.29 is 19.1 Å². The Morgan fingerprint density at radius 3 is 2.49 bits per heavy atom. The zero-order valence-corrected chi connectivity index (χ0v) is 26.4. The number of allylic oxidation sites excluding steroid dienone is 2. The number of hydrogen-bond acceptors (Lipinski definition) is 6. The number of hydrogen-bond donors (Lipinski definition) is 1. The van der Waals surface area contributed by atoms with Gasteiger partial charge in [-0.2, -0.15) is 0 Å².